The zero-order valence-corrected chi connectivity index (χ0v) is 19.4. The molecular formula is C16H26O2Sn2. The molecule has 1 rings (SSSR count). The fraction of sp³-hybridized carbons (Fsp3) is 0.438. The van der Waals surface area contributed by atoms with E-state index in [1.54, 1.807) is 0 Å². The van der Waals surface area contributed by atoms with Crippen LogP contribution in [0, 0.1) is 0 Å². The molecule has 0 spiro atoms. The van der Waals surface area contributed by atoms with E-state index in [9.17, 15) is 4.79 Å². The van der Waals surface area contributed by atoms with Gasteiger partial charge in [-0.1, -0.05) is 0 Å². The molecule has 1 aromatic carbocycles. The molecule has 20 heavy (non-hydrogen) atoms. The van der Waals surface area contributed by atoms with Crippen LogP contribution >= 0.6 is 0 Å². The summed E-state index contributed by atoms with van der Waals surface area (Å²) in [5, 5.41) is 0. The first-order chi connectivity index (χ1) is 9.09. The second-order valence-electron chi connectivity index (χ2n) is 7.11. The molecule has 0 aliphatic rings. The van der Waals surface area contributed by atoms with Gasteiger partial charge in [-0.2, -0.15) is 0 Å². The second kappa shape index (κ2) is 6.86. The van der Waals surface area contributed by atoms with E-state index < -0.39 is 36.8 Å². The third kappa shape index (κ3) is 4.51. The fourth-order valence-corrected chi connectivity index (χ4v) is 26.8. The van der Waals surface area contributed by atoms with Gasteiger partial charge in [0.05, 0.1) is 0 Å². The summed E-state index contributed by atoms with van der Waals surface area (Å²) < 4.78 is 7.53. The monoisotopic (exact) mass is 490 g/mol. The van der Waals surface area contributed by atoms with Crippen LogP contribution in [0.5, 0.6) is 0 Å². The molecule has 0 aliphatic carbocycles. The quantitative estimate of drug-likeness (QED) is 0.358. The van der Waals surface area contributed by atoms with E-state index >= 15 is 0 Å². The van der Waals surface area contributed by atoms with Crippen molar-refractivity contribution in [2.45, 2.75) is 29.6 Å². The zero-order valence-electron chi connectivity index (χ0n) is 13.7. The van der Waals surface area contributed by atoms with E-state index in [0.29, 0.717) is 0 Å². The van der Waals surface area contributed by atoms with Crippen LogP contribution in [-0.4, -0.2) is 49.8 Å². The predicted molar refractivity (Wildman–Crippen MR) is 92.1 cm³/mol. The summed E-state index contributed by atoms with van der Waals surface area (Å²) in [6.45, 7) is 0. The first kappa shape index (κ1) is 18.1. The SMILES string of the molecule is COC(=O)/[C](=[C](/c1ccccc1)[Sn]([CH3])([CH3])[CH3])[Sn]([CH3])([CH3])[CH3]. The molecular weight excluding hydrogens is 462 g/mol. The van der Waals surface area contributed by atoms with Gasteiger partial charge < -0.3 is 0 Å². The van der Waals surface area contributed by atoms with Gasteiger partial charge in [-0.25, -0.2) is 0 Å². The first-order valence-electron chi connectivity index (χ1n) is 6.98. The predicted octanol–water partition coefficient (Wildman–Crippen LogP) is 4.37. The maximum atomic E-state index is 12.4. The third-order valence-electron chi connectivity index (χ3n) is 3.20. The van der Waals surface area contributed by atoms with E-state index in [4.69, 9.17) is 4.74 Å². The van der Waals surface area contributed by atoms with Crippen molar-refractivity contribution in [3.8, 4) is 0 Å². The Labute approximate surface area is 131 Å². The Bertz CT molecular complexity index is 506. The molecule has 110 valence electrons. The van der Waals surface area contributed by atoms with Crippen molar-refractivity contribution in [3.63, 3.8) is 0 Å². The van der Waals surface area contributed by atoms with Crippen molar-refractivity contribution < 1.29 is 9.53 Å². The summed E-state index contributed by atoms with van der Waals surface area (Å²) in [4.78, 5) is 26.4. The fourth-order valence-electron chi connectivity index (χ4n) is 2.44. The number of methoxy groups -OCH3 is 1. The summed E-state index contributed by atoms with van der Waals surface area (Å²) in [6, 6.07) is 10.4. The van der Waals surface area contributed by atoms with Gasteiger partial charge in [-0.05, 0) is 0 Å². The Hall–Kier alpha value is 0.0274. The van der Waals surface area contributed by atoms with Gasteiger partial charge in [-0.15, -0.1) is 0 Å². The van der Waals surface area contributed by atoms with Crippen LogP contribution in [0.3, 0.4) is 0 Å². The van der Waals surface area contributed by atoms with Crippen molar-refractivity contribution in [2.24, 2.45) is 0 Å². The molecule has 4 heteroatoms. The molecule has 0 N–H and O–H groups in total. The Balaban J connectivity index is 3.70. The number of rotatable bonds is 4. The Morgan fingerprint density at radius 3 is 1.75 bits per heavy atom. The Kier molecular flexibility index (Phi) is 6.20. The van der Waals surface area contributed by atoms with Crippen molar-refractivity contribution >= 4 is 46.3 Å². The van der Waals surface area contributed by atoms with Gasteiger partial charge >= 0.3 is 132 Å². The molecule has 0 aromatic heterocycles. The van der Waals surface area contributed by atoms with Crippen molar-refractivity contribution in [3.05, 3.63) is 39.5 Å². The molecule has 0 unspecified atom stereocenters. The number of ether oxygens (including phenoxy) is 1. The average Bonchev–Trinajstić information content (AvgIpc) is 2.33. The molecule has 1 aromatic rings. The molecule has 0 bridgehead atoms. The summed E-state index contributed by atoms with van der Waals surface area (Å²) >= 11 is -5.01. The van der Waals surface area contributed by atoms with Gasteiger partial charge in [-0.3, -0.25) is 0 Å². The van der Waals surface area contributed by atoms with Crippen LogP contribution in [0.2, 0.25) is 29.6 Å². The first-order valence-corrected chi connectivity index (χ1v) is 27.0. The molecule has 0 fully saturated rings. The van der Waals surface area contributed by atoms with Crippen LogP contribution in [0.1, 0.15) is 5.56 Å². The van der Waals surface area contributed by atoms with Crippen molar-refractivity contribution in [1.29, 1.82) is 0 Å². The van der Waals surface area contributed by atoms with Crippen molar-refractivity contribution in [2.75, 3.05) is 7.11 Å². The zero-order chi connectivity index (χ0) is 15.6. The van der Waals surface area contributed by atoms with Gasteiger partial charge in [0.2, 0.25) is 0 Å². The van der Waals surface area contributed by atoms with Crippen LogP contribution in [-0.2, 0) is 9.53 Å². The number of hydrogen-bond donors (Lipinski definition) is 0. The average molecular weight is 488 g/mol. The van der Waals surface area contributed by atoms with E-state index in [2.05, 4.69) is 53.9 Å². The molecule has 0 saturated carbocycles. The number of carbonyl (C=O) groups excluding carboxylic acids is 1. The number of carbonyl (C=O) groups is 1. The Morgan fingerprint density at radius 1 is 0.900 bits per heavy atom. The van der Waals surface area contributed by atoms with Gasteiger partial charge in [0.1, 0.15) is 0 Å². The second-order valence-corrected chi connectivity index (χ2v) is 35.6. The van der Waals surface area contributed by atoms with E-state index in [0.717, 1.165) is 3.59 Å². The summed E-state index contributed by atoms with van der Waals surface area (Å²) in [5.41, 5.74) is 1.22. The van der Waals surface area contributed by atoms with Crippen LogP contribution < -0.4 is 0 Å². The standard InChI is InChI=1S/C10H8O2.6CH3.2Sn/c1-12-10(11)8-7-9-5-3-2-4-6-9;;;;;;;;/h2-6H,1H3;6*1H3;;. The topological polar surface area (TPSA) is 26.3 Å². The molecule has 0 amide bonds. The molecule has 0 heterocycles. The normalized spacial score (nSPS) is 13.8. The molecule has 0 radical (unpaired) electrons. The van der Waals surface area contributed by atoms with Crippen LogP contribution in [0.15, 0.2) is 33.9 Å². The van der Waals surface area contributed by atoms with Crippen LogP contribution in [0.25, 0.3) is 3.59 Å². The summed E-state index contributed by atoms with van der Waals surface area (Å²) in [5.74, 6) is -0.0984. The van der Waals surface area contributed by atoms with Crippen LogP contribution in [0.4, 0.5) is 0 Å². The minimum atomic E-state index is -2.56. The van der Waals surface area contributed by atoms with E-state index in [1.165, 1.54) is 16.3 Å². The minimum absolute atomic E-state index is 0.0984. The Morgan fingerprint density at radius 2 is 1.40 bits per heavy atom. The van der Waals surface area contributed by atoms with Gasteiger partial charge in [0.25, 0.3) is 0 Å². The number of esters is 1. The van der Waals surface area contributed by atoms with Gasteiger partial charge in [0.15, 0.2) is 0 Å². The maximum absolute atomic E-state index is 12.4. The summed E-state index contributed by atoms with van der Waals surface area (Å²) in [7, 11) is 1.50. The number of benzene rings is 1. The molecule has 0 atom stereocenters. The summed E-state index contributed by atoms with van der Waals surface area (Å²) in [6.07, 6.45) is 0. The van der Waals surface area contributed by atoms with E-state index in [-0.39, 0.29) is 5.97 Å². The van der Waals surface area contributed by atoms with Crippen molar-refractivity contribution in [1.82, 2.24) is 0 Å². The molecule has 0 aliphatic heterocycles. The third-order valence-corrected chi connectivity index (χ3v) is 16.6. The molecule has 2 nitrogen and oxygen atoms in total. The van der Waals surface area contributed by atoms with Gasteiger partial charge in [0, 0.05) is 0 Å². The molecule has 0 saturated heterocycles. The van der Waals surface area contributed by atoms with E-state index in [1.807, 2.05) is 6.07 Å². The number of hydrogen-bond acceptors (Lipinski definition) is 2.